The summed E-state index contributed by atoms with van der Waals surface area (Å²) in [6.45, 7) is 1.83. The second kappa shape index (κ2) is 10.3. The second-order valence-corrected chi connectivity index (χ2v) is 9.54. The minimum Gasteiger partial charge on any atom is -0.543 e. The number of anilines is 1. The number of carboxylic acid groups (broad SMARTS) is 1. The van der Waals surface area contributed by atoms with Gasteiger partial charge < -0.3 is 26.2 Å². The molecule has 1 fully saturated rings. The number of carbonyl (C=O) groups is 3. The average molecular weight is 516 g/mol. The summed E-state index contributed by atoms with van der Waals surface area (Å²) >= 11 is 3.55. The van der Waals surface area contributed by atoms with Crippen LogP contribution < -0.4 is 45.7 Å². The van der Waals surface area contributed by atoms with E-state index in [0.29, 0.717) is 11.3 Å². The zero-order chi connectivity index (χ0) is 23.0. The Labute approximate surface area is 221 Å². The number of hydrogen-bond acceptors (Lipinski definition) is 13. The maximum absolute atomic E-state index is 12.7. The normalized spacial score (nSPS) is 20.3. The van der Waals surface area contributed by atoms with Gasteiger partial charge in [-0.05, 0) is 30.1 Å². The van der Waals surface area contributed by atoms with Gasteiger partial charge in [0.15, 0.2) is 10.8 Å². The topological polar surface area (TPSA) is 187 Å². The molecule has 166 valence electrons. The Morgan fingerprint density at radius 2 is 2.18 bits per heavy atom. The van der Waals surface area contributed by atoms with Crippen molar-refractivity contribution >= 4 is 69.3 Å². The van der Waals surface area contributed by atoms with Crippen LogP contribution in [0, 0.1) is 6.92 Å². The predicted molar refractivity (Wildman–Crippen MR) is 116 cm³/mol. The molecule has 16 heteroatoms. The van der Waals surface area contributed by atoms with Gasteiger partial charge >= 0.3 is 29.6 Å². The molecular weight excluding hydrogens is 501 g/mol. The Kier molecular flexibility index (Phi) is 7.92. The molecule has 0 spiro atoms. The molecule has 2 amide bonds. The molecule has 0 aliphatic carbocycles. The molecule has 2 atom stereocenters. The van der Waals surface area contributed by atoms with Crippen LogP contribution in [0.1, 0.15) is 16.3 Å². The fourth-order valence-corrected chi connectivity index (χ4v) is 5.47. The van der Waals surface area contributed by atoms with E-state index >= 15 is 0 Å². The molecule has 0 bridgehead atoms. The van der Waals surface area contributed by atoms with Crippen molar-refractivity contribution in [2.75, 3.05) is 11.5 Å². The number of thiazole rings is 1. The van der Waals surface area contributed by atoms with Gasteiger partial charge in [-0.2, -0.15) is 0 Å². The maximum atomic E-state index is 12.7. The van der Waals surface area contributed by atoms with Crippen molar-refractivity contribution in [1.82, 2.24) is 24.8 Å². The third-order valence-corrected chi connectivity index (χ3v) is 7.31. The summed E-state index contributed by atoms with van der Waals surface area (Å²) in [7, 11) is 0. The number of aliphatic carboxylic acids is 1. The molecular formula is C17H14N7NaO5S3. The average Bonchev–Trinajstić information content (AvgIpc) is 3.37. The number of oxime groups is 1. The Balaban J connectivity index is 0.00000306. The number of fused-ring (bicyclic) bond motifs is 1. The van der Waals surface area contributed by atoms with Gasteiger partial charge in [0, 0.05) is 16.0 Å². The van der Waals surface area contributed by atoms with Crippen molar-refractivity contribution in [2.24, 2.45) is 5.16 Å². The Morgan fingerprint density at radius 1 is 1.42 bits per heavy atom. The summed E-state index contributed by atoms with van der Waals surface area (Å²) in [6.07, 6.45) is 3.20. The number of hydrogen-bond donors (Lipinski definition) is 3. The number of carboxylic acids is 1. The first-order valence-corrected chi connectivity index (χ1v) is 11.6. The summed E-state index contributed by atoms with van der Waals surface area (Å²) in [4.78, 5) is 42.9. The SMILES string of the molecule is Cc1snnc1/C=C\C1=C(C(=O)[O-])N2C(=O)C(NC(=O)/C(=N\O)c3csc(N)n3)[C@H]2SC1.[Na+]. The van der Waals surface area contributed by atoms with Gasteiger partial charge in [0.1, 0.15) is 22.8 Å². The predicted octanol–water partition coefficient (Wildman–Crippen LogP) is -3.82. The monoisotopic (exact) mass is 515 g/mol. The molecule has 12 nitrogen and oxygen atoms in total. The Morgan fingerprint density at radius 3 is 2.76 bits per heavy atom. The van der Waals surface area contributed by atoms with E-state index in [9.17, 15) is 24.7 Å². The van der Waals surface area contributed by atoms with Crippen molar-refractivity contribution in [3.05, 3.63) is 39.0 Å². The van der Waals surface area contributed by atoms with Gasteiger partial charge in [0.05, 0.1) is 11.7 Å². The molecule has 33 heavy (non-hydrogen) atoms. The molecule has 4 rings (SSSR count). The third-order valence-electron chi connectivity index (χ3n) is 4.69. The maximum Gasteiger partial charge on any atom is 1.00 e. The van der Waals surface area contributed by atoms with Crippen LogP contribution in [0.4, 0.5) is 5.13 Å². The molecule has 2 aromatic heterocycles. The molecule has 2 aromatic rings. The smallest absolute Gasteiger partial charge is 0.543 e. The van der Waals surface area contributed by atoms with E-state index in [1.54, 1.807) is 12.2 Å². The molecule has 1 saturated heterocycles. The number of rotatable bonds is 6. The number of aryl methyl sites for hydroxylation is 1. The van der Waals surface area contributed by atoms with Crippen LogP contribution >= 0.6 is 34.6 Å². The largest absolute Gasteiger partial charge is 1.00 e. The number of carbonyl (C=O) groups excluding carboxylic acids is 3. The summed E-state index contributed by atoms with van der Waals surface area (Å²) in [6, 6.07) is -1.01. The van der Waals surface area contributed by atoms with Gasteiger partial charge in [0.25, 0.3) is 11.8 Å². The Bertz CT molecular complexity index is 1210. The summed E-state index contributed by atoms with van der Waals surface area (Å²) in [5.41, 5.74) is 5.91. The van der Waals surface area contributed by atoms with Crippen LogP contribution in [0.2, 0.25) is 0 Å². The number of aromatic nitrogens is 3. The minimum atomic E-state index is -1.50. The fraction of sp³-hybridized carbons (Fsp3) is 0.235. The van der Waals surface area contributed by atoms with Gasteiger partial charge in [-0.25, -0.2) is 4.98 Å². The van der Waals surface area contributed by atoms with Crippen LogP contribution in [0.25, 0.3) is 6.08 Å². The number of nitrogens with one attached hydrogen (secondary N) is 1. The van der Waals surface area contributed by atoms with E-state index in [1.165, 1.54) is 28.7 Å². The zero-order valence-corrected chi connectivity index (χ0v) is 21.7. The van der Waals surface area contributed by atoms with E-state index in [0.717, 1.165) is 21.1 Å². The summed E-state index contributed by atoms with van der Waals surface area (Å²) in [5.74, 6) is -2.70. The number of nitrogens with zero attached hydrogens (tertiary/aromatic N) is 5. The molecule has 4 heterocycles. The van der Waals surface area contributed by atoms with Crippen molar-refractivity contribution in [3.8, 4) is 0 Å². The van der Waals surface area contributed by atoms with Crippen molar-refractivity contribution < 1.29 is 54.3 Å². The molecule has 2 aliphatic heterocycles. The number of amides is 2. The van der Waals surface area contributed by atoms with Gasteiger partial charge in [-0.1, -0.05) is 15.7 Å². The van der Waals surface area contributed by atoms with Crippen molar-refractivity contribution in [2.45, 2.75) is 18.3 Å². The number of nitrogen functional groups attached to an aromatic ring is 1. The summed E-state index contributed by atoms with van der Waals surface area (Å²) in [5, 5.41) is 31.3. The second-order valence-electron chi connectivity index (χ2n) is 6.59. The van der Waals surface area contributed by atoms with Crippen LogP contribution in [0.3, 0.4) is 0 Å². The van der Waals surface area contributed by atoms with Crippen LogP contribution in [0.5, 0.6) is 0 Å². The standard InChI is InChI=1S/C17H15N7O5S3.Na/c1-6-8(21-23-32-6)3-2-7-4-30-15-11(14(26)24(15)12(7)16(27)28)20-13(25)10(22-29)9-5-31-17(18)19-9;/h2-3,5,11,15,29H,4H2,1H3,(H2,18,19)(H,20,25)(H,27,28);/q;+1/p-1/b3-2-,22-10-;/t11?,15-;/m1./s1. The quantitative estimate of drug-likeness (QED) is 0.113. The first-order valence-electron chi connectivity index (χ1n) is 8.92. The third kappa shape index (κ3) is 4.83. The fourth-order valence-electron chi connectivity index (χ4n) is 3.15. The van der Waals surface area contributed by atoms with Gasteiger partial charge in [0.2, 0.25) is 0 Å². The molecule has 4 N–H and O–H groups in total. The van der Waals surface area contributed by atoms with Crippen LogP contribution in [0.15, 0.2) is 27.9 Å². The van der Waals surface area contributed by atoms with E-state index < -0.39 is 34.9 Å². The van der Waals surface area contributed by atoms with Crippen molar-refractivity contribution in [3.63, 3.8) is 0 Å². The van der Waals surface area contributed by atoms with Crippen molar-refractivity contribution in [1.29, 1.82) is 0 Å². The number of β-lactam (4-membered cyclic amide) rings is 1. The molecule has 0 radical (unpaired) electrons. The number of nitrogens with two attached hydrogens (primary N) is 1. The van der Waals surface area contributed by atoms with Gasteiger partial charge in [-0.3, -0.25) is 14.5 Å². The van der Waals surface area contributed by atoms with E-state index in [4.69, 9.17) is 5.73 Å². The first-order chi connectivity index (χ1) is 15.3. The minimum absolute atomic E-state index is 0. The summed E-state index contributed by atoms with van der Waals surface area (Å²) < 4.78 is 3.82. The number of thioether (sulfide) groups is 1. The Hall–Kier alpha value is -2.30. The van der Waals surface area contributed by atoms with Gasteiger partial charge in [-0.15, -0.1) is 28.2 Å². The molecule has 0 aromatic carbocycles. The zero-order valence-electron chi connectivity index (χ0n) is 17.2. The van der Waals surface area contributed by atoms with E-state index in [2.05, 4.69) is 25.0 Å². The first kappa shape index (κ1) is 25.3. The molecule has 0 saturated carbocycles. The number of allylic oxidation sites excluding steroid dienone is 1. The van der Waals surface area contributed by atoms with E-state index in [1.807, 2.05) is 6.92 Å². The van der Waals surface area contributed by atoms with Crippen LogP contribution in [-0.2, 0) is 14.4 Å². The van der Waals surface area contributed by atoms with Crippen LogP contribution in [-0.4, -0.2) is 65.3 Å². The molecule has 1 unspecified atom stereocenters. The van der Waals surface area contributed by atoms with E-state index in [-0.39, 0.29) is 51.8 Å². The molecule has 2 aliphatic rings.